The number of aryl methyl sites for hydroxylation is 1. The molecule has 0 saturated heterocycles. The molecule has 0 fully saturated rings. The fourth-order valence-corrected chi connectivity index (χ4v) is 2.79. The van der Waals surface area contributed by atoms with Crippen LogP contribution in [0.3, 0.4) is 0 Å². The molecule has 1 heterocycles. The van der Waals surface area contributed by atoms with Crippen LogP contribution in [0.1, 0.15) is 11.1 Å². The van der Waals surface area contributed by atoms with Gasteiger partial charge in [-0.05, 0) is 54.3 Å². The Morgan fingerprint density at radius 2 is 1.85 bits per heavy atom. The first-order valence-corrected chi connectivity index (χ1v) is 8.83. The Balaban J connectivity index is 1.50. The van der Waals surface area contributed by atoms with E-state index in [0.29, 0.717) is 24.4 Å². The Morgan fingerprint density at radius 3 is 2.59 bits per heavy atom. The van der Waals surface area contributed by atoms with Gasteiger partial charge in [0.05, 0.1) is 7.11 Å². The van der Waals surface area contributed by atoms with Crippen molar-refractivity contribution in [2.75, 3.05) is 20.3 Å². The standard InChI is InChI=1S/C21H24N2O4/c1-14-3-4-15-10-16(21(25)23-20(15)9-14)11-22-12-17(24)13-27-19-7-5-18(26-2)6-8-19/h3-10,17,22,24H,11-13H2,1-2H3,(H,23,25)/t17-/m0/s1. The van der Waals surface area contributed by atoms with Crippen LogP contribution in [-0.4, -0.2) is 36.5 Å². The molecule has 1 aromatic heterocycles. The predicted octanol–water partition coefficient (Wildman–Crippen LogP) is 2.37. The van der Waals surface area contributed by atoms with Gasteiger partial charge in [-0.3, -0.25) is 4.79 Å². The van der Waals surface area contributed by atoms with E-state index in [9.17, 15) is 9.90 Å². The maximum absolute atomic E-state index is 12.2. The minimum absolute atomic E-state index is 0.121. The lowest BCUT2D eigenvalue weighted by molar-refractivity contribution is 0.106. The van der Waals surface area contributed by atoms with Crippen molar-refractivity contribution >= 4 is 10.9 Å². The lowest BCUT2D eigenvalue weighted by Crippen LogP contribution is -2.32. The second kappa shape index (κ2) is 8.70. The van der Waals surface area contributed by atoms with E-state index in [2.05, 4.69) is 10.3 Å². The highest BCUT2D eigenvalue weighted by Crippen LogP contribution is 2.17. The summed E-state index contributed by atoms with van der Waals surface area (Å²) in [4.78, 5) is 15.1. The van der Waals surface area contributed by atoms with Crippen molar-refractivity contribution in [3.05, 3.63) is 70.0 Å². The van der Waals surface area contributed by atoms with Crippen LogP contribution in [0.2, 0.25) is 0 Å². The van der Waals surface area contributed by atoms with Crippen LogP contribution in [0.5, 0.6) is 11.5 Å². The molecule has 0 saturated carbocycles. The molecule has 2 aromatic carbocycles. The normalized spacial score (nSPS) is 12.1. The number of fused-ring (bicyclic) bond motifs is 1. The highest BCUT2D eigenvalue weighted by atomic mass is 16.5. The van der Waals surface area contributed by atoms with Crippen LogP contribution >= 0.6 is 0 Å². The summed E-state index contributed by atoms with van der Waals surface area (Å²) in [5.41, 5.74) is 2.44. The number of aliphatic hydroxyl groups is 1. The molecule has 142 valence electrons. The Hall–Kier alpha value is -2.83. The fourth-order valence-electron chi connectivity index (χ4n) is 2.79. The number of rotatable bonds is 8. The van der Waals surface area contributed by atoms with E-state index in [1.54, 1.807) is 31.4 Å². The Morgan fingerprint density at radius 1 is 1.11 bits per heavy atom. The van der Waals surface area contributed by atoms with Crippen LogP contribution in [-0.2, 0) is 6.54 Å². The largest absolute Gasteiger partial charge is 0.497 e. The van der Waals surface area contributed by atoms with E-state index in [4.69, 9.17) is 9.47 Å². The maximum atomic E-state index is 12.2. The van der Waals surface area contributed by atoms with Crippen LogP contribution < -0.4 is 20.3 Å². The Kier molecular flexibility index (Phi) is 6.11. The van der Waals surface area contributed by atoms with Gasteiger partial charge in [-0.15, -0.1) is 0 Å². The van der Waals surface area contributed by atoms with Crippen molar-refractivity contribution in [2.24, 2.45) is 0 Å². The quantitative estimate of drug-likeness (QED) is 0.569. The average molecular weight is 368 g/mol. The highest BCUT2D eigenvalue weighted by molar-refractivity contribution is 5.79. The van der Waals surface area contributed by atoms with Gasteiger partial charge in [0.2, 0.25) is 0 Å². The molecule has 0 unspecified atom stereocenters. The second-order valence-electron chi connectivity index (χ2n) is 6.49. The summed E-state index contributed by atoms with van der Waals surface area (Å²) in [6.07, 6.45) is -0.686. The van der Waals surface area contributed by atoms with Gasteiger partial charge in [0.25, 0.3) is 5.56 Å². The number of ether oxygens (including phenoxy) is 2. The lowest BCUT2D eigenvalue weighted by Gasteiger charge is -2.13. The van der Waals surface area contributed by atoms with Crippen molar-refractivity contribution in [3.63, 3.8) is 0 Å². The van der Waals surface area contributed by atoms with Crippen LogP contribution in [0, 0.1) is 6.92 Å². The van der Waals surface area contributed by atoms with Gasteiger partial charge in [-0.2, -0.15) is 0 Å². The topological polar surface area (TPSA) is 83.6 Å². The smallest absolute Gasteiger partial charge is 0.252 e. The van der Waals surface area contributed by atoms with Crippen LogP contribution in [0.4, 0.5) is 0 Å². The summed E-state index contributed by atoms with van der Waals surface area (Å²) in [5, 5.41) is 14.2. The zero-order valence-electron chi connectivity index (χ0n) is 15.5. The molecule has 6 nitrogen and oxygen atoms in total. The van der Waals surface area contributed by atoms with E-state index >= 15 is 0 Å². The van der Waals surface area contributed by atoms with Crippen molar-refractivity contribution in [1.29, 1.82) is 0 Å². The van der Waals surface area contributed by atoms with Gasteiger partial charge in [0.1, 0.15) is 24.2 Å². The number of aliphatic hydroxyl groups excluding tert-OH is 1. The number of aromatic nitrogens is 1. The van der Waals surface area contributed by atoms with E-state index in [1.165, 1.54) is 0 Å². The molecule has 6 heteroatoms. The third-order valence-corrected chi connectivity index (χ3v) is 4.28. The minimum Gasteiger partial charge on any atom is -0.497 e. The molecular weight excluding hydrogens is 344 g/mol. The lowest BCUT2D eigenvalue weighted by atomic mass is 10.1. The molecule has 3 rings (SSSR count). The van der Waals surface area contributed by atoms with E-state index in [0.717, 1.165) is 22.2 Å². The SMILES string of the molecule is COc1ccc(OC[C@@H](O)CNCc2cc3ccc(C)cc3[nH]c2=O)cc1. The molecule has 27 heavy (non-hydrogen) atoms. The average Bonchev–Trinajstić information content (AvgIpc) is 2.67. The van der Waals surface area contributed by atoms with E-state index < -0.39 is 6.10 Å². The summed E-state index contributed by atoms with van der Waals surface area (Å²) >= 11 is 0. The first-order chi connectivity index (χ1) is 13.0. The molecule has 3 aromatic rings. The van der Waals surface area contributed by atoms with Crippen LogP contribution in [0.25, 0.3) is 10.9 Å². The summed E-state index contributed by atoms with van der Waals surface area (Å²) in [5.74, 6) is 1.41. The number of nitrogens with one attached hydrogen (secondary N) is 2. The van der Waals surface area contributed by atoms with Gasteiger partial charge in [0, 0.05) is 24.2 Å². The summed E-state index contributed by atoms with van der Waals surface area (Å²) in [6, 6.07) is 15.0. The first kappa shape index (κ1) is 18.9. The fraction of sp³-hybridized carbons (Fsp3) is 0.286. The summed E-state index contributed by atoms with van der Waals surface area (Å²) < 4.78 is 10.6. The maximum Gasteiger partial charge on any atom is 0.252 e. The molecule has 0 aliphatic carbocycles. The van der Waals surface area contributed by atoms with Gasteiger partial charge in [-0.1, -0.05) is 12.1 Å². The van der Waals surface area contributed by atoms with Gasteiger partial charge in [0.15, 0.2) is 0 Å². The molecule has 0 amide bonds. The van der Waals surface area contributed by atoms with Gasteiger partial charge >= 0.3 is 0 Å². The number of methoxy groups -OCH3 is 1. The molecule has 0 radical (unpaired) electrons. The number of hydrogen-bond donors (Lipinski definition) is 3. The third kappa shape index (κ3) is 5.09. The third-order valence-electron chi connectivity index (χ3n) is 4.28. The summed E-state index contributed by atoms with van der Waals surface area (Å²) in [6.45, 7) is 2.84. The number of benzene rings is 2. The monoisotopic (exact) mass is 368 g/mol. The molecule has 1 atom stereocenters. The Labute approximate surface area is 157 Å². The number of hydrogen-bond acceptors (Lipinski definition) is 5. The number of pyridine rings is 1. The van der Waals surface area contributed by atoms with Crippen molar-refractivity contribution in [3.8, 4) is 11.5 Å². The molecule has 0 aliphatic rings. The molecule has 0 bridgehead atoms. The minimum atomic E-state index is -0.686. The number of H-pyrrole nitrogens is 1. The summed E-state index contributed by atoms with van der Waals surface area (Å²) in [7, 11) is 1.60. The second-order valence-corrected chi connectivity index (χ2v) is 6.49. The van der Waals surface area contributed by atoms with Crippen molar-refractivity contribution in [2.45, 2.75) is 19.6 Å². The molecule has 3 N–H and O–H groups in total. The highest BCUT2D eigenvalue weighted by Gasteiger charge is 2.07. The van der Waals surface area contributed by atoms with Crippen LogP contribution in [0.15, 0.2) is 53.3 Å². The van der Waals surface area contributed by atoms with Gasteiger partial charge < -0.3 is 24.9 Å². The van der Waals surface area contributed by atoms with E-state index in [1.807, 2.05) is 31.2 Å². The van der Waals surface area contributed by atoms with Gasteiger partial charge in [-0.25, -0.2) is 0 Å². The van der Waals surface area contributed by atoms with Crippen molar-refractivity contribution in [1.82, 2.24) is 10.3 Å². The molecule has 0 aliphatic heterocycles. The first-order valence-electron chi connectivity index (χ1n) is 8.83. The predicted molar refractivity (Wildman–Crippen MR) is 106 cm³/mol. The van der Waals surface area contributed by atoms with E-state index in [-0.39, 0.29) is 12.2 Å². The molecule has 0 spiro atoms. The zero-order chi connectivity index (χ0) is 19.2. The Bertz CT molecular complexity index is 951. The molecular formula is C21H24N2O4. The zero-order valence-corrected chi connectivity index (χ0v) is 15.5. The van der Waals surface area contributed by atoms with Crippen molar-refractivity contribution < 1.29 is 14.6 Å². The number of aromatic amines is 1.